The van der Waals surface area contributed by atoms with Crippen LogP contribution in [0.4, 0.5) is 0 Å². The van der Waals surface area contributed by atoms with Crippen LogP contribution >= 0.6 is 0 Å². The second kappa shape index (κ2) is 6.21. The normalized spacial score (nSPS) is 13.2. The van der Waals surface area contributed by atoms with E-state index in [0.717, 1.165) is 11.3 Å². The van der Waals surface area contributed by atoms with Crippen molar-refractivity contribution in [3.8, 4) is 0 Å². The first-order chi connectivity index (χ1) is 9.09. The Kier molecular flexibility index (Phi) is 5.09. The summed E-state index contributed by atoms with van der Waals surface area (Å²) in [5, 5.41) is 0. The average molecular weight is 275 g/mol. The van der Waals surface area contributed by atoms with Gasteiger partial charge in [0.25, 0.3) is 0 Å². The van der Waals surface area contributed by atoms with Crippen molar-refractivity contribution in [1.82, 2.24) is 0 Å². The fourth-order valence-corrected chi connectivity index (χ4v) is 1.87. The van der Waals surface area contributed by atoms with E-state index in [1.807, 2.05) is 51.1 Å². The smallest absolute Gasteiger partial charge is 0.328 e. The van der Waals surface area contributed by atoms with Crippen molar-refractivity contribution in [2.75, 3.05) is 6.54 Å². The summed E-state index contributed by atoms with van der Waals surface area (Å²) < 4.78 is 5.29. The van der Waals surface area contributed by atoms with Gasteiger partial charge in [-0.05, 0) is 26.3 Å². The van der Waals surface area contributed by atoms with E-state index in [0.29, 0.717) is 0 Å². The number of benzene rings is 1. The van der Waals surface area contributed by atoms with E-state index in [1.54, 1.807) is 0 Å². The summed E-state index contributed by atoms with van der Waals surface area (Å²) in [6.07, 6.45) is 0. The summed E-state index contributed by atoms with van der Waals surface area (Å²) in [5.41, 5.74) is 1.37. The molecule has 0 N–H and O–H groups in total. The molecule has 0 saturated heterocycles. The van der Waals surface area contributed by atoms with Crippen LogP contribution in [0.15, 0.2) is 35.3 Å². The van der Waals surface area contributed by atoms with Gasteiger partial charge in [0.15, 0.2) is 0 Å². The number of esters is 1. The molecule has 0 aliphatic carbocycles. The SMILES string of the molecule is CC(C)(C)OC(=O)CN=C(c1ccccc1)C(C)(C)C. The summed E-state index contributed by atoms with van der Waals surface area (Å²) in [6, 6.07) is 9.95. The fraction of sp³-hybridized carbons (Fsp3) is 0.529. The number of rotatable bonds is 3. The lowest BCUT2D eigenvalue weighted by Gasteiger charge is -2.23. The Hall–Kier alpha value is -1.64. The highest BCUT2D eigenvalue weighted by molar-refractivity contribution is 6.04. The van der Waals surface area contributed by atoms with Crippen LogP contribution in [-0.2, 0) is 9.53 Å². The van der Waals surface area contributed by atoms with Crippen LogP contribution in [0.1, 0.15) is 47.1 Å². The van der Waals surface area contributed by atoms with Crippen LogP contribution < -0.4 is 0 Å². The Labute approximate surface area is 122 Å². The Balaban J connectivity index is 2.91. The third-order valence-electron chi connectivity index (χ3n) is 2.54. The minimum absolute atomic E-state index is 0.0543. The maximum Gasteiger partial charge on any atom is 0.328 e. The van der Waals surface area contributed by atoms with Crippen molar-refractivity contribution in [3.63, 3.8) is 0 Å². The first kappa shape index (κ1) is 16.4. The van der Waals surface area contributed by atoms with E-state index in [-0.39, 0.29) is 17.9 Å². The Morgan fingerprint density at radius 1 is 1.05 bits per heavy atom. The molecule has 0 aliphatic heterocycles. The van der Waals surface area contributed by atoms with Crippen molar-refractivity contribution in [2.24, 2.45) is 10.4 Å². The van der Waals surface area contributed by atoms with Gasteiger partial charge in [0.05, 0.1) is 0 Å². The Morgan fingerprint density at radius 2 is 1.60 bits per heavy atom. The van der Waals surface area contributed by atoms with E-state index >= 15 is 0 Å². The number of aliphatic imine (C=N–C) groups is 1. The fourth-order valence-electron chi connectivity index (χ4n) is 1.87. The van der Waals surface area contributed by atoms with Crippen LogP contribution in [0, 0.1) is 5.41 Å². The van der Waals surface area contributed by atoms with Gasteiger partial charge < -0.3 is 4.74 Å². The molecule has 0 bridgehead atoms. The number of ether oxygens (including phenoxy) is 1. The predicted molar refractivity (Wildman–Crippen MR) is 83.1 cm³/mol. The second-order valence-electron chi connectivity index (χ2n) is 6.87. The number of hydrogen-bond acceptors (Lipinski definition) is 3. The summed E-state index contributed by atoms with van der Waals surface area (Å²) in [4.78, 5) is 16.3. The second-order valence-corrected chi connectivity index (χ2v) is 6.87. The van der Waals surface area contributed by atoms with Gasteiger partial charge in [-0.25, -0.2) is 0 Å². The molecule has 0 atom stereocenters. The Morgan fingerprint density at radius 3 is 2.05 bits per heavy atom. The molecule has 1 aromatic rings. The van der Waals surface area contributed by atoms with E-state index in [1.165, 1.54) is 0 Å². The minimum atomic E-state index is -0.471. The van der Waals surface area contributed by atoms with Crippen LogP contribution in [0.3, 0.4) is 0 Å². The maximum atomic E-state index is 11.8. The number of nitrogens with zero attached hydrogens (tertiary/aromatic N) is 1. The quantitative estimate of drug-likeness (QED) is 0.620. The average Bonchev–Trinajstić information content (AvgIpc) is 2.26. The highest BCUT2D eigenvalue weighted by atomic mass is 16.6. The summed E-state index contributed by atoms with van der Waals surface area (Å²) in [6.45, 7) is 11.9. The van der Waals surface area contributed by atoms with Crippen LogP contribution in [0.25, 0.3) is 0 Å². The molecule has 0 saturated carbocycles. The van der Waals surface area contributed by atoms with Gasteiger partial charge in [0, 0.05) is 11.1 Å². The van der Waals surface area contributed by atoms with Gasteiger partial charge in [0.2, 0.25) is 0 Å². The molecule has 3 heteroatoms. The molecule has 0 fully saturated rings. The molecule has 0 heterocycles. The first-order valence-electron chi connectivity index (χ1n) is 6.92. The van der Waals surface area contributed by atoms with Crippen LogP contribution in [0.5, 0.6) is 0 Å². The number of carbonyl (C=O) groups is 1. The molecule has 0 radical (unpaired) electrons. The molecule has 0 unspecified atom stereocenters. The van der Waals surface area contributed by atoms with Crippen molar-refractivity contribution >= 4 is 11.7 Å². The molecule has 20 heavy (non-hydrogen) atoms. The van der Waals surface area contributed by atoms with Gasteiger partial charge in [-0.15, -0.1) is 0 Å². The highest BCUT2D eigenvalue weighted by Gasteiger charge is 2.22. The van der Waals surface area contributed by atoms with Crippen LogP contribution in [0.2, 0.25) is 0 Å². The summed E-state index contributed by atoms with van der Waals surface area (Å²) in [5.74, 6) is -0.296. The maximum absolute atomic E-state index is 11.8. The molecule has 1 aromatic carbocycles. The Bertz CT molecular complexity index is 476. The standard InChI is InChI=1S/C17H25NO2/c1-16(2,3)15(13-10-8-7-9-11-13)18-12-14(19)20-17(4,5)6/h7-11H,12H2,1-6H3. The summed E-state index contributed by atoms with van der Waals surface area (Å²) >= 11 is 0. The van der Waals surface area contributed by atoms with Crippen molar-refractivity contribution in [3.05, 3.63) is 35.9 Å². The zero-order valence-electron chi connectivity index (χ0n) is 13.4. The van der Waals surface area contributed by atoms with Gasteiger partial charge in [-0.2, -0.15) is 0 Å². The minimum Gasteiger partial charge on any atom is -0.459 e. The first-order valence-corrected chi connectivity index (χ1v) is 6.92. The van der Waals surface area contributed by atoms with E-state index in [9.17, 15) is 4.79 Å². The lowest BCUT2D eigenvalue weighted by Crippen LogP contribution is -2.27. The van der Waals surface area contributed by atoms with Gasteiger partial charge in [-0.3, -0.25) is 9.79 Å². The topological polar surface area (TPSA) is 38.7 Å². The molecule has 0 spiro atoms. The van der Waals surface area contributed by atoms with E-state index in [2.05, 4.69) is 25.8 Å². The zero-order chi connectivity index (χ0) is 15.4. The van der Waals surface area contributed by atoms with Crippen LogP contribution in [-0.4, -0.2) is 23.8 Å². The van der Waals surface area contributed by atoms with Gasteiger partial charge >= 0.3 is 5.97 Å². The third-order valence-corrected chi connectivity index (χ3v) is 2.54. The van der Waals surface area contributed by atoms with Gasteiger partial charge in [0.1, 0.15) is 12.1 Å². The zero-order valence-corrected chi connectivity index (χ0v) is 13.4. The van der Waals surface area contributed by atoms with E-state index in [4.69, 9.17) is 4.74 Å². The summed E-state index contributed by atoms with van der Waals surface area (Å²) in [7, 11) is 0. The monoisotopic (exact) mass is 275 g/mol. The number of carbonyl (C=O) groups excluding carboxylic acids is 1. The van der Waals surface area contributed by atoms with Crippen molar-refractivity contribution < 1.29 is 9.53 Å². The van der Waals surface area contributed by atoms with Gasteiger partial charge in [-0.1, -0.05) is 51.1 Å². The molecule has 3 nitrogen and oxygen atoms in total. The highest BCUT2D eigenvalue weighted by Crippen LogP contribution is 2.22. The molecule has 0 amide bonds. The molecular formula is C17H25NO2. The molecular weight excluding hydrogens is 250 g/mol. The third kappa shape index (κ3) is 5.55. The lowest BCUT2D eigenvalue weighted by atomic mass is 9.85. The molecule has 0 aromatic heterocycles. The lowest BCUT2D eigenvalue weighted by molar-refractivity contribution is -0.152. The predicted octanol–water partition coefficient (Wildman–Crippen LogP) is 3.86. The van der Waals surface area contributed by atoms with Crippen molar-refractivity contribution in [1.29, 1.82) is 0 Å². The number of hydrogen-bond donors (Lipinski definition) is 0. The molecule has 0 aliphatic rings. The van der Waals surface area contributed by atoms with E-state index < -0.39 is 5.60 Å². The molecule has 110 valence electrons. The molecule has 1 rings (SSSR count). The van der Waals surface area contributed by atoms with Crippen molar-refractivity contribution in [2.45, 2.75) is 47.1 Å². The largest absolute Gasteiger partial charge is 0.459 e.